The lowest BCUT2D eigenvalue weighted by Crippen LogP contribution is -3.11. The van der Waals surface area contributed by atoms with Gasteiger partial charge in [0, 0.05) is 6.07 Å². The molecule has 2 heterocycles. The minimum Gasteiger partial charge on any atom is -0.426 e. The number of furan rings is 1. The van der Waals surface area contributed by atoms with Gasteiger partial charge >= 0.3 is 0 Å². The number of rotatable bonds is 4. The number of nitrogens with one attached hydrogen (secondary N) is 1. The molecular weight excluding hydrogens is 238 g/mol. The highest BCUT2D eigenvalue weighted by molar-refractivity contribution is 5.25. The summed E-state index contributed by atoms with van der Waals surface area (Å²) in [7, 11) is 0. The Bertz CT molecular complexity index is 500. The molecule has 0 saturated carbocycles. The molecule has 0 amide bonds. The quantitative estimate of drug-likeness (QED) is 0.912. The molecule has 1 saturated heterocycles. The average molecular weight is 258 g/mol. The summed E-state index contributed by atoms with van der Waals surface area (Å²) in [6.07, 6.45) is 4.05. The Morgan fingerprint density at radius 2 is 1.74 bits per heavy atom. The summed E-state index contributed by atoms with van der Waals surface area (Å²) in [6.45, 7) is 3.49. The van der Waals surface area contributed by atoms with Crippen molar-refractivity contribution in [3.05, 3.63) is 48.2 Å². The molecule has 3 rings (SSSR count). The Balaban J connectivity index is 1.59. The third-order valence-corrected chi connectivity index (χ3v) is 3.58. The fourth-order valence-corrected chi connectivity index (χ4v) is 2.59. The topological polar surface area (TPSA) is 26.8 Å². The molecule has 19 heavy (non-hydrogen) atoms. The van der Waals surface area contributed by atoms with Crippen molar-refractivity contribution in [2.24, 2.45) is 0 Å². The Morgan fingerprint density at radius 1 is 0.947 bits per heavy atom. The maximum Gasteiger partial charge on any atom is 0.290 e. The molecule has 1 N–H and O–H groups in total. The monoisotopic (exact) mass is 258 g/mol. The largest absolute Gasteiger partial charge is 0.426 e. The summed E-state index contributed by atoms with van der Waals surface area (Å²) in [5.74, 6) is 2.41. The van der Waals surface area contributed by atoms with Crippen LogP contribution in [-0.2, 0) is 6.54 Å². The number of hydrogen-bond acceptors (Lipinski definition) is 2. The van der Waals surface area contributed by atoms with Crippen LogP contribution < -0.4 is 9.64 Å². The minimum atomic E-state index is 0.581. The van der Waals surface area contributed by atoms with Gasteiger partial charge in [-0.2, -0.15) is 0 Å². The van der Waals surface area contributed by atoms with Crippen LogP contribution in [0.2, 0.25) is 0 Å². The van der Waals surface area contributed by atoms with E-state index in [1.165, 1.54) is 32.4 Å². The van der Waals surface area contributed by atoms with Crippen LogP contribution in [0.15, 0.2) is 46.9 Å². The van der Waals surface area contributed by atoms with Gasteiger partial charge in [0.25, 0.3) is 5.95 Å². The van der Waals surface area contributed by atoms with E-state index in [-0.39, 0.29) is 0 Å². The number of para-hydroxylation sites is 1. The van der Waals surface area contributed by atoms with E-state index in [9.17, 15) is 0 Å². The molecule has 0 bridgehead atoms. The third kappa shape index (κ3) is 3.38. The number of likely N-dealkylation sites (tertiary alicyclic amines) is 1. The maximum atomic E-state index is 5.75. The van der Waals surface area contributed by atoms with Crippen LogP contribution in [-0.4, -0.2) is 13.1 Å². The van der Waals surface area contributed by atoms with Gasteiger partial charge < -0.3 is 14.1 Å². The van der Waals surface area contributed by atoms with Crippen LogP contribution in [0.3, 0.4) is 0 Å². The number of benzene rings is 1. The Morgan fingerprint density at radius 3 is 2.53 bits per heavy atom. The van der Waals surface area contributed by atoms with Crippen molar-refractivity contribution in [3.63, 3.8) is 0 Å². The molecular formula is C16H20NO2+. The third-order valence-electron chi connectivity index (χ3n) is 3.58. The van der Waals surface area contributed by atoms with Gasteiger partial charge in [-0.05, 0) is 37.5 Å². The van der Waals surface area contributed by atoms with Crippen molar-refractivity contribution >= 4 is 0 Å². The summed E-state index contributed by atoms with van der Waals surface area (Å²) >= 11 is 0. The molecule has 1 aromatic heterocycles. The lowest BCUT2D eigenvalue weighted by molar-refractivity contribution is -0.919. The maximum absolute atomic E-state index is 5.75. The highest BCUT2D eigenvalue weighted by Gasteiger charge is 2.16. The summed E-state index contributed by atoms with van der Waals surface area (Å²) in [4.78, 5) is 1.62. The molecule has 0 unspecified atom stereocenters. The first-order valence-corrected chi connectivity index (χ1v) is 7.05. The number of piperidine rings is 1. The molecule has 1 aliphatic rings. The number of quaternary nitrogens is 1. The van der Waals surface area contributed by atoms with Crippen molar-refractivity contribution in [3.8, 4) is 11.7 Å². The second-order valence-corrected chi connectivity index (χ2v) is 5.12. The van der Waals surface area contributed by atoms with Gasteiger partial charge in [-0.1, -0.05) is 18.2 Å². The van der Waals surface area contributed by atoms with E-state index in [1.54, 1.807) is 4.90 Å². The van der Waals surface area contributed by atoms with E-state index in [0.29, 0.717) is 5.95 Å². The van der Waals surface area contributed by atoms with Crippen LogP contribution in [0.1, 0.15) is 25.0 Å². The molecule has 2 aromatic rings. The minimum absolute atomic E-state index is 0.581. The Kier molecular flexibility index (Phi) is 3.84. The molecule has 1 fully saturated rings. The SMILES string of the molecule is c1ccc(Oc2ccc(C[NH+]3CCCCC3)o2)cc1. The van der Waals surface area contributed by atoms with E-state index in [1.807, 2.05) is 42.5 Å². The predicted molar refractivity (Wildman–Crippen MR) is 73.5 cm³/mol. The van der Waals surface area contributed by atoms with Gasteiger partial charge in [0.15, 0.2) is 5.76 Å². The number of ether oxygens (including phenoxy) is 1. The van der Waals surface area contributed by atoms with E-state index < -0.39 is 0 Å². The predicted octanol–water partition coefficient (Wildman–Crippen LogP) is 2.64. The first-order valence-electron chi connectivity index (χ1n) is 7.05. The van der Waals surface area contributed by atoms with Crippen LogP contribution in [0.25, 0.3) is 0 Å². The second kappa shape index (κ2) is 5.93. The Hall–Kier alpha value is -1.74. The zero-order valence-electron chi connectivity index (χ0n) is 11.1. The van der Waals surface area contributed by atoms with Gasteiger partial charge in [-0.15, -0.1) is 0 Å². The first kappa shape index (κ1) is 12.3. The molecule has 0 spiro atoms. The van der Waals surface area contributed by atoms with Gasteiger partial charge in [-0.25, -0.2) is 0 Å². The fraction of sp³-hybridized carbons (Fsp3) is 0.375. The standard InChI is InChI=1S/C16H19NO2/c1-3-7-14(8-4-1)18-16-10-9-15(19-16)13-17-11-5-2-6-12-17/h1,3-4,7-10H,2,5-6,11-13H2/p+1. The molecule has 1 aliphatic heterocycles. The molecule has 0 radical (unpaired) electrons. The van der Waals surface area contributed by atoms with Crippen molar-refractivity contribution in [2.45, 2.75) is 25.8 Å². The molecule has 3 nitrogen and oxygen atoms in total. The van der Waals surface area contributed by atoms with Gasteiger partial charge in [0.05, 0.1) is 13.1 Å². The van der Waals surface area contributed by atoms with Crippen molar-refractivity contribution < 1.29 is 14.1 Å². The average Bonchev–Trinajstić information content (AvgIpc) is 2.88. The van der Waals surface area contributed by atoms with Crippen LogP contribution in [0, 0.1) is 0 Å². The van der Waals surface area contributed by atoms with E-state index in [2.05, 4.69) is 0 Å². The normalized spacial score (nSPS) is 16.4. The smallest absolute Gasteiger partial charge is 0.290 e. The van der Waals surface area contributed by atoms with Gasteiger partial charge in [0.1, 0.15) is 12.3 Å². The molecule has 3 heteroatoms. The second-order valence-electron chi connectivity index (χ2n) is 5.12. The number of hydrogen-bond donors (Lipinski definition) is 1. The van der Waals surface area contributed by atoms with Crippen LogP contribution in [0.4, 0.5) is 0 Å². The van der Waals surface area contributed by atoms with Crippen molar-refractivity contribution in [1.82, 2.24) is 0 Å². The van der Waals surface area contributed by atoms with Gasteiger partial charge in [0.2, 0.25) is 0 Å². The van der Waals surface area contributed by atoms with E-state index in [0.717, 1.165) is 18.1 Å². The van der Waals surface area contributed by atoms with Crippen molar-refractivity contribution in [1.29, 1.82) is 0 Å². The summed E-state index contributed by atoms with van der Waals surface area (Å²) < 4.78 is 11.4. The molecule has 0 atom stereocenters. The lowest BCUT2D eigenvalue weighted by atomic mass is 10.1. The van der Waals surface area contributed by atoms with Crippen LogP contribution in [0.5, 0.6) is 11.7 Å². The summed E-state index contributed by atoms with van der Waals surface area (Å²) in [6, 6.07) is 13.7. The highest BCUT2D eigenvalue weighted by atomic mass is 16.6. The van der Waals surface area contributed by atoms with Crippen LogP contribution >= 0.6 is 0 Å². The summed E-state index contributed by atoms with van der Waals surface area (Å²) in [5.41, 5.74) is 0. The summed E-state index contributed by atoms with van der Waals surface area (Å²) in [5, 5.41) is 0. The zero-order valence-corrected chi connectivity index (χ0v) is 11.1. The molecule has 0 aliphatic carbocycles. The van der Waals surface area contributed by atoms with E-state index in [4.69, 9.17) is 9.15 Å². The fourth-order valence-electron chi connectivity index (χ4n) is 2.59. The lowest BCUT2D eigenvalue weighted by Gasteiger charge is -2.22. The molecule has 100 valence electrons. The highest BCUT2D eigenvalue weighted by Crippen LogP contribution is 2.23. The first-order chi connectivity index (χ1) is 9.40. The van der Waals surface area contributed by atoms with Crippen molar-refractivity contribution in [2.75, 3.05) is 13.1 Å². The zero-order chi connectivity index (χ0) is 12.9. The van der Waals surface area contributed by atoms with E-state index >= 15 is 0 Å². The van der Waals surface area contributed by atoms with Gasteiger partial charge in [-0.3, -0.25) is 0 Å². The Labute approximate surface area is 113 Å². The molecule has 1 aromatic carbocycles.